The summed E-state index contributed by atoms with van der Waals surface area (Å²) in [7, 11) is 2.16. The van der Waals surface area contributed by atoms with E-state index in [0.29, 0.717) is 0 Å². The van der Waals surface area contributed by atoms with Crippen LogP contribution >= 0.6 is 0 Å². The average Bonchev–Trinajstić information content (AvgIpc) is 2.63. The van der Waals surface area contributed by atoms with Gasteiger partial charge in [0.1, 0.15) is 0 Å². The van der Waals surface area contributed by atoms with E-state index in [4.69, 9.17) is 0 Å². The molecule has 1 aliphatic rings. The van der Waals surface area contributed by atoms with Gasteiger partial charge in [-0.15, -0.1) is 0 Å². The van der Waals surface area contributed by atoms with Gasteiger partial charge in [0, 0.05) is 24.5 Å². The third kappa shape index (κ3) is 3.90. The number of hydrogen-bond donors (Lipinski definition) is 0. The molecule has 26 heavy (non-hydrogen) atoms. The summed E-state index contributed by atoms with van der Waals surface area (Å²) in [6.07, 6.45) is 7.94. The van der Waals surface area contributed by atoms with Crippen LogP contribution in [0.25, 0.3) is 5.57 Å². The standard InChI is InChI=1S/C24H30N2/c1-6-7-8-19-9-12-21(13-10-19)25-17-20-11-14-23-22(15-20)18(2)16-24(3,4)26(23)5/h9-17H,6-8H2,1-5H3. The second kappa shape index (κ2) is 7.49. The first-order valence-corrected chi connectivity index (χ1v) is 9.61. The van der Waals surface area contributed by atoms with E-state index in [1.165, 1.54) is 35.2 Å². The molecular formula is C24H30N2. The molecule has 0 spiro atoms. The molecule has 1 aliphatic heterocycles. The lowest BCUT2D eigenvalue weighted by molar-refractivity contribution is 0.598. The largest absolute Gasteiger partial charge is 0.366 e. The molecule has 0 atom stereocenters. The molecule has 2 nitrogen and oxygen atoms in total. The molecule has 0 saturated carbocycles. The molecule has 0 aromatic heterocycles. The monoisotopic (exact) mass is 346 g/mol. The van der Waals surface area contributed by atoms with Crippen molar-refractivity contribution >= 4 is 23.2 Å². The molecule has 2 heteroatoms. The van der Waals surface area contributed by atoms with Gasteiger partial charge in [0.2, 0.25) is 0 Å². The van der Waals surface area contributed by atoms with Gasteiger partial charge < -0.3 is 4.90 Å². The number of aliphatic imine (C=N–C) groups is 1. The SMILES string of the molecule is CCCCc1ccc(N=Cc2ccc3c(c2)C(C)=CC(C)(C)N3C)cc1. The molecule has 0 N–H and O–H groups in total. The predicted octanol–water partition coefficient (Wildman–Crippen LogP) is 6.41. The van der Waals surface area contributed by atoms with Crippen molar-refractivity contribution in [2.24, 2.45) is 4.99 Å². The maximum Gasteiger partial charge on any atom is 0.0630 e. The first-order chi connectivity index (χ1) is 12.4. The van der Waals surface area contributed by atoms with Crippen LogP contribution in [0.3, 0.4) is 0 Å². The van der Waals surface area contributed by atoms with E-state index >= 15 is 0 Å². The van der Waals surface area contributed by atoms with E-state index in [9.17, 15) is 0 Å². The molecule has 0 unspecified atom stereocenters. The maximum absolute atomic E-state index is 4.66. The topological polar surface area (TPSA) is 15.6 Å². The van der Waals surface area contributed by atoms with E-state index in [0.717, 1.165) is 17.7 Å². The Bertz CT molecular complexity index is 826. The van der Waals surface area contributed by atoms with Crippen LogP contribution in [-0.4, -0.2) is 18.8 Å². The number of fused-ring (bicyclic) bond motifs is 1. The Morgan fingerprint density at radius 2 is 1.81 bits per heavy atom. The first-order valence-electron chi connectivity index (χ1n) is 9.61. The zero-order valence-corrected chi connectivity index (χ0v) is 16.7. The van der Waals surface area contributed by atoms with Gasteiger partial charge >= 0.3 is 0 Å². The summed E-state index contributed by atoms with van der Waals surface area (Å²) in [4.78, 5) is 7.00. The lowest BCUT2D eigenvalue weighted by Gasteiger charge is -2.40. The minimum Gasteiger partial charge on any atom is -0.366 e. The predicted molar refractivity (Wildman–Crippen MR) is 115 cm³/mol. The van der Waals surface area contributed by atoms with Gasteiger partial charge in [-0.05, 0) is 74.6 Å². The Balaban J connectivity index is 1.79. The van der Waals surface area contributed by atoms with Gasteiger partial charge in [-0.1, -0.05) is 37.6 Å². The van der Waals surface area contributed by atoms with Crippen LogP contribution in [-0.2, 0) is 6.42 Å². The van der Waals surface area contributed by atoms with E-state index in [1.807, 2.05) is 6.21 Å². The molecule has 2 aromatic rings. The van der Waals surface area contributed by atoms with Crippen molar-refractivity contribution in [3.8, 4) is 0 Å². The summed E-state index contributed by atoms with van der Waals surface area (Å²) in [6.45, 7) is 8.92. The molecule has 0 bridgehead atoms. The van der Waals surface area contributed by atoms with Crippen LogP contribution in [0.1, 0.15) is 57.2 Å². The summed E-state index contributed by atoms with van der Waals surface area (Å²) in [5.41, 5.74) is 7.50. The molecule has 1 heterocycles. The summed E-state index contributed by atoms with van der Waals surface area (Å²) >= 11 is 0. The van der Waals surface area contributed by atoms with Crippen molar-refractivity contribution in [3.63, 3.8) is 0 Å². The van der Waals surface area contributed by atoms with Crippen molar-refractivity contribution < 1.29 is 0 Å². The molecule has 0 amide bonds. The lowest BCUT2D eigenvalue weighted by Crippen LogP contribution is -2.42. The van der Waals surface area contributed by atoms with Gasteiger partial charge in [0.05, 0.1) is 11.2 Å². The molecule has 2 aromatic carbocycles. The third-order valence-corrected chi connectivity index (χ3v) is 5.36. The Morgan fingerprint density at radius 3 is 2.50 bits per heavy atom. The fraction of sp³-hybridized carbons (Fsp3) is 0.375. The zero-order chi connectivity index (χ0) is 18.7. The van der Waals surface area contributed by atoms with Crippen LogP contribution in [0.5, 0.6) is 0 Å². The second-order valence-corrected chi connectivity index (χ2v) is 7.84. The van der Waals surface area contributed by atoms with Crippen molar-refractivity contribution in [3.05, 3.63) is 65.2 Å². The molecule has 3 rings (SSSR count). The number of nitrogens with zero attached hydrogens (tertiary/aromatic N) is 2. The number of aryl methyl sites for hydroxylation is 1. The van der Waals surface area contributed by atoms with Crippen LogP contribution < -0.4 is 4.90 Å². The number of likely N-dealkylation sites (N-methyl/N-ethyl adjacent to an activating group) is 1. The summed E-state index contributed by atoms with van der Waals surface area (Å²) in [5.74, 6) is 0. The van der Waals surface area contributed by atoms with Crippen molar-refractivity contribution in [1.29, 1.82) is 0 Å². The van der Waals surface area contributed by atoms with Crippen LogP contribution in [0.4, 0.5) is 11.4 Å². The quantitative estimate of drug-likeness (QED) is 0.571. The average molecular weight is 347 g/mol. The highest BCUT2D eigenvalue weighted by molar-refractivity contribution is 5.88. The Morgan fingerprint density at radius 1 is 1.08 bits per heavy atom. The summed E-state index contributed by atoms with van der Waals surface area (Å²) in [5, 5.41) is 0. The van der Waals surface area contributed by atoms with Gasteiger partial charge in [-0.3, -0.25) is 4.99 Å². The Kier molecular flexibility index (Phi) is 5.31. The Hall–Kier alpha value is -2.35. The van der Waals surface area contributed by atoms with Crippen LogP contribution in [0.2, 0.25) is 0 Å². The van der Waals surface area contributed by atoms with Gasteiger partial charge in [-0.2, -0.15) is 0 Å². The molecule has 0 aliphatic carbocycles. The minimum atomic E-state index is 0.0478. The molecule has 0 radical (unpaired) electrons. The molecular weight excluding hydrogens is 316 g/mol. The normalized spacial score (nSPS) is 15.9. The molecule has 0 fully saturated rings. The van der Waals surface area contributed by atoms with Crippen LogP contribution in [0, 0.1) is 0 Å². The number of benzene rings is 2. The maximum atomic E-state index is 4.66. The lowest BCUT2D eigenvalue weighted by atomic mass is 9.89. The third-order valence-electron chi connectivity index (χ3n) is 5.36. The van der Waals surface area contributed by atoms with Gasteiger partial charge in [0.25, 0.3) is 0 Å². The highest BCUT2D eigenvalue weighted by Gasteiger charge is 2.28. The van der Waals surface area contributed by atoms with E-state index in [2.05, 4.69) is 93.2 Å². The second-order valence-electron chi connectivity index (χ2n) is 7.84. The van der Waals surface area contributed by atoms with Crippen molar-refractivity contribution in [1.82, 2.24) is 0 Å². The summed E-state index contributed by atoms with van der Waals surface area (Å²) < 4.78 is 0. The fourth-order valence-corrected chi connectivity index (χ4v) is 3.54. The number of unbranched alkanes of at least 4 members (excludes halogenated alkanes) is 1. The van der Waals surface area contributed by atoms with Gasteiger partial charge in [-0.25, -0.2) is 0 Å². The van der Waals surface area contributed by atoms with Crippen molar-refractivity contribution in [2.45, 2.75) is 52.5 Å². The summed E-state index contributed by atoms with van der Waals surface area (Å²) in [6, 6.07) is 15.2. The fourth-order valence-electron chi connectivity index (χ4n) is 3.54. The Labute approximate surface area is 158 Å². The highest BCUT2D eigenvalue weighted by atomic mass is 15.2. The molecule has 0 saturated heterocycles. The zero-order valence-electron chi connectivity index (χ0n) is 16.7. The van der Waals surface area contributed by atoms with Crippen LogP contribution in [0.15, 0.2) is 53.5 Å². The van der Waals surface area contributed by atoms with E-state index < -0.39 is 0 Å². The number of rotatable bonds is 5. The number of allylic oxidation sites excluding steroid dienone is 1. The smallest absolute Gasteiger partial charge is 0.0630 e. The van der Waals surface area contributed by atoms with Crippen molar-refractivity contribution in [2.75, 3.05) is 11.9 Å². The number of hydrogen-bond acceptors (Lipinski definition) is 2. The van der Waals surface area contributed by atoms with E-state index in [1.54, 1.807) is 0 Å². The molecule has 136 valence electrons. The first kappa shape index (κ1) is 18.4. The van der Waals surface area contributed by atoms with E-state index in [-0.39, 0.29) is 5.54 Å². The highest BCUT2D eigenvalue weighted by Crippen LogP contribution is 2.37. The van der Waals surface area contributed by atoms with Gasteiger partial charge in [0.15, 0.2) is 0 Å². The number of anilines is 1. The minimum absolute atomic E-state index is 0.0478.